The summed E-state index contributed by atoms with van der Waals surface area (Å²) in [6.45, 7) is 4.58. The van der Waals surface area contributed by atoms with E-state index in [4.69, 9.17) is 4.74 Å². The zero-order valence-corrected chi connectivity index (χ0v) is 19.2. The largest absolute Gasteiger partial charge is 0.497 e. The van der Waals surface area contributed by atoms with Crippen LogP contribution in [0.2, 0.25) is 0 Å². The van der Waals surface area contributed by atoms with E-state index >= 15 is 0 Å². The van der Waals surface area contributed by atoms with Crippen molar-refractivity contribution in [3.8, 4) is 5.75 Å². The van der Waals surface area contributed by atoms with Gasteiger partial charge in [-0.2, -0.15) is 0 Å². The number of ether oxygens (including phenoxy) is 1. The summed E-state index contributed by atoms with van der Waals surface area (Å²) in [4.78, 5) is 15.1. The number of thioether (sulfide) groups is 1. The number of aromatic nitrogens is 4. The van der Waals surface area contributed by atoms with Gasteiger partial charge < -0.3 is 15.0 Å². The molecule has 1 aromatic heterocycles. The van der Waals surface area contributed by atoms with Gasteiger partial charge in [-0.15, -0.1) is 5.10 Å². The van der Waals surface area contributed by atoms with Crippen LogP contribution >= 0.6 is 11.8 Å². The van der Waals surface area contributed by atoms with Crippen molar-refractivity contribution in [2.75, 3.05) is 30.4 Å². The molecule has 32 heavy (non-hydrogen) atoms. The van der Waals surface area contributed by atoms with Crippen molar-refractivity contribution < 1.29 is 9.53 Å². The van der Waals surface area contributed by atoms with Gasteiger partial charge in [-0.3, -0.25) is 4.79 Å². The molecule has 1 saturated heterocycles. The Morgan fingerprint density at radius 1 is 1.09 bits per heavy atom. The maximum atomic E-state index is 12.7. The molecule has 0 bridgehead atoms. The van der Waals surface area contributed by atoms with Gasteiger partial charge in [0.05, 0.1) is 18.9 Å². The lowest BCUT2D eigenvalue weighted by Gasteiger charge is -2.28. The second-order valence-electron chi connectivity index (χ2n) is 7.81. The minimum absolute atomic E-state index is 0.0836. The number of amides is 1. The first kappa shape index (κ1) is 22.1. The van der Waals surface area contributed by atoms with Gasteiger partial charge in [0.1, 0.15) is 5.75 Å². The molecule has 1 fully saturated rings. The summed E-state index contributed by atoms with van der Waals surface area (Å²) >= 11 is 1.34. The molecular formula is C23H28N6O2S. The molecule has 8 nitrogen and oxygen atoms in total. The number of carbonyl (C=O) groups excluding carboxylic acids is 1. The summed E-state index contributed by atoms with van der Waals surface area (Å²) in [5.41, 5.74) is 3.05. The summed E-state index contributed by atoms with van der Waals surface area (Å²) < 4.78 is 6.89. The monoisotopic (exact) mass is 452 g/mol. The molecule has 1 aliphatic rings. The number of carbonyl (C=O) groups is 1. The Balaban J connectivity index is 1.33. The highest BCUT2D eigenvalue weighted by Crippen LogP contribution is 2.25. The Morgan fingerprint density at radius 3 is 2.50 bits per heavy atom. The van der Waals surface area contributed by atoms with E-state index in [1.165, 1.54) is 36.7 Å². The third-order valence-corrected chi connectivity index (χ3v) is 6.57. The van der Waals surface area contributed by atoms with E-state index in [1.54, 1.807) is 11.8 Å². The number of nitrogens with one attached hydrogen (secondary N) is 1. The summed E-state index contributed by atoms with van der Waals surface area (Å²) in [6, 6.07) is 15.8. The summed E-state index contributed by atoms with van der Waals surface area (Å²) in [5, 5.41) is 15.2. The van der Waals surface area contributed by atoms with E-state index in [0.717, 1.165) is 30.1 Å². The first-order valence-electron chi connectivity index (χ1n) is 10.8. The maximum absolute atomic E-state index is 12.7. The molecule has 0 spiro atoms. The Hall–Kier alpha value is -3.07. The van der Waals surface area contributed by atoms with Crippen LogP contribution in [0.1, 0.15) is 31.7 Å². The average Bonchev–Trinajstić information content (AvgIpc) is 3.27. The minimum atomic E-state index is -0.350. The van der Waals surface area contributed by atoms with Crippen LogP contribution in [0.4, 0.5) is 11.4 Å². The van der Waals surface area contributed by atoms with Crippen LogP contribution in [0.5, 0.6) is 5.75 Å². The van der Waals surface area contributed by atoms with Crippen molar-refractivity contribution >= 4 is 29.0 Å². The zero-order chi connectivity index (χ0) is 22.3. The first-order chi connectivity index (χ1) is 15.6. The lowest BCUT2D eigenvalue weighted by molar-refractivity contribution is -0.115. The number of benzene rings is 2. The van der Waals surface area contributed by atoms with Gasteiger partial charge in [0.15, 0.2) is 0 Å². The smallest absolute Gasteiger partial charge is 0.237 e. The van der Waals surface area contributed by atoms with Crippen LogP contribution in [-0.2, 0) is 11.3 Å². The molecule has 1 N–H and O–H groups in total. The van der Waals surface area contributed by atoms with Gasteiger partial charge in [-0.05, 0) is 78.6 Å². The molecular weight excluding hydrogens is 424 g/mol. The van der Waals surface area contributed by atoms with Crippen LogP contribution in [0, 0.1) is 0 Å². The zero-order valence-electron chi connectivity index (χ0n) is 18.4. The van der Waals surface area contributed by atoms with Gasteiger partial charge in [0.25, 0.3) is 0 Å². The predicted octanol–water partition coefficient (Wildman–Crippen LogP) is 3.84. The Kier molecular flexibility index (Phi) is 7.26. The van der Waals surface area contributed by atoms with Gasteiger partial charge >= 0.3 is 0 Å². The van der Waals surface area contributed by atoms with E-state index in [9.17, 15) is 4.79 Å². The summed E-state index contributed by atoms with van der Waals surface area (Å²) in [5.74, 6) is 0.717. The lowest BCUT2D eigenvalue weighted by Crippen LogP contribution is -2.29. The molecule has 3 aromatic rings. The number of anilines is 2. The molecule has 1 amide bonds. The van der Waals surface area contributed by atoms with Gasteiger partial charge in [0, 0.05) is 24.5 Å². The molecule has 0 saturated carbocycles. The topological polar surface area (TPSA) is 85.2 Å². The molecule has 4 rings (SSSR count). The summed E-state index contributed by atoms with van der Waals surface area (Å²) in [6.07, 6.45) is 3.79. The Labute approximate surface area is 192 Å². The highest BCUT2D eigenvalue weighted by molar-refractivity contribution is 8.00. The standard InChI is InChI=1S/C23H28N6O2S/c1-17(22(30)24-19-8-10-20(11-9-19)28-14-4-3-5-15-28)32-23-25-26-27-29(23)16-18-6-12-21(31-2)13-7-18/h6-13,17H,3-5,14-16H2,1-2H3,(H,24,30). The molecule has 1 atom stereocenters. The van der Waals surface area contributed by atoms with E-state index in [0.29, 0.717) is 11.7 Å². The van der Waals surface area contributed by atoms with Crippen LogP contribution in [-0.4, -0.2) is 51.6 Å². The molecule has 2 heterocycles. The number of piperidine rings is 1. The fourth-order valence-electron chi connectivity index (χ4n) is 3.65. The quantitative estimate of drug-likeness (QED) is 0.520. The fraction of sp³-hybridized carbons (Fsp3) is 0.391. The van der Waals surface area contributed by atoms with Gasteiger partial charge in [0.2, 0.25) is 11.1 Å². The molecule has 1 aliphatic heterocycles. The van der Waals surface area contributed by atoms with E-state index < -0.39 is 0 Å². The Morgan fingerprint density at radius 2 is 1.81 bits per heavy atom. The molecule has 9 heteroatoms. The van der Waals surface area contributed by atoms with Crippen molar-refractivity contribution in [2.45, 2.75) is 43.1 Å². The van der Waals surface area contributed by atoms with Gasteiger partial charge in [-0.25, -0.2) is 4.68 Å². The van der Waals surface area contributed by atoms with E-state index in [2.05, 4.69) is 37.9 Å². The maximum Gasteiger partial charge on any atom is 0.237 e. The van der Waals surface area contributed by atoms with Crippen molar-refractivity contribution in [2.24, 2.45) is 0 Å². The number of nitrogens with zero attached hydrogens (tertiary/aromatic N) is 5. The van der Waals surface area contributed by atoms with Crippen LogP contribution in [0.15, 0.2) is 53.7 Å². The molecule has 0 aliphatic carbocycles. The van der Waals surface area contributed by atoms with Crippen molar-refractivity contribution in [3.63, 3.8) is 0 Å². The molecule has 1 unspecified atom stereocenters. The van der Waals surface area contributed by atoms with Crippen LogP contribution < -0.4 is 15.0 Å². The SMILES string of the molecule is COc1ccc(Cn2nnnc2SC(C)C(=O)Nc2ccc(N3CCCCC3)cc2)cc1. The van der Waals surface area contributed by atoms with Crippen LogP contribution in [0.25, 0.3) is 0 Å². The van der Waals surface area contributed by atoms with E-state index in [-0.39, 0.29) is 11.2 Å². The third-order valence-electron chi connectivity index (χ3n) is 5.50. The second-order valence-corrected chi connectivity index (χ2v) is 9.12. The van der Waals surface area contributed by atoms with Gasteiger partial charge in [-0.1, -0.05) is 23.9 Å². The number of hydrogen-bond donors (Lipinski definition) is 1. The van der Waals surface area contributed by atoms with E-state index in [1.807, 2.05) is 43.3 Å². The number of hydrogen-bond acceptors (Lipinski definition) is 7. The van der Waals surface area contributed by atoms with Crippen molar-refractivity contribution in [3.05, 3.63) is 54.1 Å². The third kappa shape index (κ3) is 5.59. The normalized spacial score (nSPS) is 14.8. The average molecular weight is 453 g/mol. The number of methoxy groups -OCH3 is 1. The number of tetrazole rings is 1. The number of rotatable bonds is 8. The van der Waals surface area contributed by atoms with Crippen LogP contribution in [0.3, 0.4) is 0 Å². The fourth-order valence-corrected chi connectivity index (χ4v) is 4.44. The Bertz CT molecular complexity index is 1020. The summed E-state index contributed by atoms with van der Waals surface area (Å²) in [7, 11) is 1.64. The lowest BCUT2D eigenvalue weighted by atomic mass is 10.1. The molecule has 168 valence electrons. The molecule has 2 aromatic carbocycles. The second kappa shape index (κ2) is 10.5. The predicted molar refractivity (Wildman–Crippen MR) is 126 cm³/mol. The molecule has 0 radical (unpaired) electrons. The van der Waals surface area contributed by atoms with Crippen molar-refractivity contribution in [1.82, 2.24) is 20.2 Å². The minimum Gasteiger partial charge on any atom is -0.497 e. The highest BCUT2D eigenvalue weighted by atomic mass is 32.2. The highest BCUT2D eigenvalue weighted by Gasteiger charge is 2.19. The first-order valence-corrected chi connectivity index (χ1v) is 11.7. The van der Waals surface area contributed by atoms with Crippen molar-refractivity contribution in [1.29, 1.82) is 0 Å².